The molecule has 2 aliphatic heterocycles. The van der Waals surface area contributed by atoms with Crippen LogP contribution in [0, 0.1) is 5.41 Å². The number of rotatable bonds is 3. The zero-order chi connectivity index (χ0) is 9.86. The predicted octanol–water partition coefficient (Wildman–Crippen LogP) is 0.708. The quantitative estimate of drug-likeness (QED) is 0.723. The smallest absolute Gasteiger partial charge is 0.0589 e. The molecule has 2 fully saturated rings. The molecular weight excluding hydrogens is 176 g/mol. The zero-order valence-electron chi connectivity index (χ0n) is 9.22. The lowest BCUT2D eigenvalue weighted by Gasteiger charge is -2.39. The molecule has 2 heterocycles. The van der Waals surface area contributed by atoms with Gasteiger partial charge in [-0.25, -0.2) is 0 Å². The zero-order valence-corrected chi connectivity index (χ0v) is 9.22. The number of hydrogen-bond acceptors (Lipinski definition) is 3. The van der Waals surface area contributed by atoms with Crippen molar-refractivity contribution >= 4 is 0 Å². The second kappa shape index (κ2) is 4.60. The topological polar surface area (TPSA) is 24.5 Å². The van der Waals surface area contributed by atoms with E-state index in [9.17, 15) is 0 Å². The van der Waals surface area contributed by atoms with Crippen LogP contribution in [0.1, 0.15) is 19.3 Å². The number of ether oxygens (including phenoxy) is 1. The summed E-state index contributed by atoms with van der Waals surface area (Å²) >= 11 is 0. The molecular formula is C11H22N2O. The fraction of sp³-hybridized carbons (Fsp3) is 1.00. The van der Waals surface area contributed by atoms with Crippen molar-refractivity contribution in [3.8, 4) is 0 Å². The van der Waals surface area contributed by atoms with Gasteiger partial charge in [0, 0.05) is 26.7 Å². The fourth-order valence-corrected chi connectivity index (χ4v) is 2.87. The number of methoxy groups -OCH3 is 1. The molecule has 3 heteroatoms. The Morgan fingerprint density at radius 1 is 1.43 bits per heavy atom. The molecule has 0 aliphatic carbocycles. The lowest BCUT2D eigenvalue weighted by Crippen LogP contribution is -2.45. The first kappa shape index (κ1) is 10.4. The highest BCUT2D eigenvalue weighted by Gasteiger charge is 2.37. The third kappa shape index (κ3) is 2.27. The van der Waals surface area contributed by atoms with Gasteiger partial charge in [0.15, 0.2) is 0 Å². The average Bonchev–Trinajstić information content (AvgIpc) is 2.63. The first-order chi connectivity index (χ1) is 6.85. The fourth-order valence-electron chi connectivity index (χ4n) is 2.87. The van der Waals surface area contributed by atoms with E-state index in [-0.39, 0.29) is 0 Å². The maximum Gasteiger partial charge on any atom is 0.0589 e. The number of piperidine rings is 1. The van der Waals surface area contributed by atoms with Crippen LogP contribution in [0.2, 0.25) is 0 Å². The molecule has 3 nitrogen and oxygen atoms in total. The van der Waals surface area contributed by atoms with Crippen LogP contribution in [0.25, 0.3) is 0 Å². The van der Waals surface area contributed by atoms with Crippen molar-refractivity contribution in [3.63, 3.8) is 0 Å². The van der Waals surface area contributed by atoms with Gasteiger partial charge in [-0.2, -0.15) is 0 Å². The summed E-state index contributed by atoms with van der Waals surface area (Å²) in [7, 11) is 1.79. The van der Waals surface area contributed by atoms with Gasteiger partial charge in [-0.1, -0.05) is 0 Å². The highest BCUT2D eigenvalue weighted by Crippen LogP contribution is 2.35. The van der Waals surface area contributed by atoms with Gasteiger partial charge >= 0.3 is 0 Å². The second-order valence-corrected chi connectivity index (χ2v) is 4.80. The molecule has 1 atom stereocenters. The Kier molecular flexibility index (Phi) is 3.42. The van der Waals surface area contributed by atoms with Gasteiger partial charge in [0.05, 0.1) is 6.61 Å². The van der Waals surface area contributed by atoms with E-state index in [0.717, 1.165) is 13.2 Å². The first-order valence-electron chi connectivity index (χ1n) is 5.77. The minimum atomic E-state index is 0.603. The van der Waals surface area contributed by atoms with Gasteiger partial charge in [0.2, 0.25) is 0 Å². The van der Waals surface area contributed by atoms with Crippen LogP contribution in [0.3, 0.4) is 0 Å². The molecule has 0 bridgehead atoms. The molecule has 0 aromatic heterocycles. The van der Waals surface area contributed by atoms with Gasteiger partial charge in [-0.3, -0.25) is 0 Å². The molecule has 0 amide bonds. The van der Waals surface area contributed by atoms with Crippen molar-refractivity contribution in [1.82, 2.24) is 10.2 Å². The van der Waals surface area contributed by atoms with Gasteiger partial charge in [-0.05, 0) is 37.8 Å². The van der Waals surface area contributed by atoms with Crippen LogP contribution >= 0.6 is 0 Å². The van der Waals surface area contributed by atoms with Crippen molar-refractivity contribution in [1.29, 1.82) is 0 Å². The summed E-state index contributed by atoms with van der Waals surface area (Å²) in [5.74, 6) is 0. The Balaban J connectivity index is 1.83. The monoisotopic (exact) mass is 198 g/mol. The van der Waals surface area contributed by atoms with Crippen molar-refractivity contribution in [3.05, 3.63) is 0 Å². The van der Waals surface area contributed by atoms with E-state index in [4.69, 9.17) is 4.74 Å². The van der Waals surface area contributed by atoms with Crippen LogP contribution in [0.5, 0.6) is 0 Å². The average molecular weight is 198 g/mol. The standard InChI is InChI=1S/C11H22N2O/c1-14-8-7-13-6-2-3-11(10-13)4-5-12-9-11/h12H,2-10H2,1H3/t11-/m0/s1. The van der Waals surface area contributed by atoms with Crippen molar-refractivity contribution in [2.24, 2.45) is 5.41 Å². The Hall–Kier alpha value is -0.120. The van der Waals surface area contributed by atoms with Gasteiger partial charge < -0.3 is 15.0 Å². The molecule has 1 spiro atoms. The summed E-state index contributed by atoms with van der Waals surface area (Å²) in [5, 5.41) is 3.50. The van der Waals surface area contributed by atoms with Gasteiger partial charge in [0.25, 0.3) is 0 Å². The largest absolute Gasteiger partial charge is 0.383 e. The lowest BCUT2D eigenvalue weighted by molar-refractivity contribution is 0.0747. The molecule has 0 radical (unpaired) electrons. The summed E-state index contributed by atoms with van der Waals surface area (Å²) in [4.78, 5) is 2.57. The summed E-state index contributed by atoms with van der Waals surface area (Å²) in [5.41, 5.74) is 0.603. The molecule has 2 saturated heterocycles. The van der Waals surface area contributed by atoms with Crippen LogP contribution in [0.4, 0.5) is 0 Å². The van der Waals surface area contributed by atoms with E-state index in [2.05, 4.69) is 10.2 Å². The molecule has 1 N–H and O–H groups in total. The highest BCUT2D eigenvalue weighted by molar-refractivity contribution is 4.93. The van der Waals surface area contributed by atoms with Crippen LogP contribution in [-0.2, 0) is 4.74 Å². The Bertz CT molecular complexity index is 178. The Morgan fingerprint density at radius 3 is 3.07 bits per heavy atom. The lowest BCUT2D eigenvalue weighted by atomic mass is 9.79. The molecule has 0 aromatic carbocycles. The molecule has 82 valence electrons. The van der Waals surface area contributed by atoms with E-state index < -0.39 is 0 Å². The molecule has 0 saturated carbocycles. The minimum absolute atomic E-state index is 0.603. The minimum Gasteiger partial charge on any atom is -0.383 e. The Labute approximate surface area is 86.8 Å². The van der Waals surface area contributed by atoms with Gasteiger partial charge in [-0.15, -0.1) is 0 Å². The van der Waals surface area contributed by atoms with Crippen LogP contribution < -0.4 is 5.32 Å². The Morgan fingerprint density at radius 2 is 2.36 bits per heavy atom. The third-order valence-electron chi connectivity index (χ3n) is 3.68. The molecule has 14 heavy (non-hydrogen) atoms. The summed E-state index contributed by atoms with van der Waals surface area (Å²) in [6.45, 7) is 6.99. The molecule has 2 rings (SSSR count). The SMILES string of the molecule is COCCN1CCC[C@@]2(CCNC2)C1. The molecule has 0 aromatic rings. The van der Waals surface area contributed by atoms with E-state index in [0.29, 0.717) is 5.41 Å². The van der Waals surface area contributed by atoms with Crippen molar-refractivity contribution in [2.75, 3.05) is 46.4 Å². The van der Waals surface area contributed by atoms with Crippen molar-refractivity contribution in [2.45, 2.75) is 19.3 Å². The number of hydrogen-bond donors (Lipinski definition) is 1. The third-order valence-corrected chi connectivity index (χ3v) is 3.68. The highest BCUT2D eigenvalue weighted by atomic mass is 16.5. The second-order valence-electron chi connectivity index (χ2n) is 4.80. The predicted molar refractivity (Wildman–Crippen MR) is 57.5 cm³/mol. The van der Waals surface area contributed by atoms with E-state index in [1.807, 2.05) is 0 Å². The first-order valence-corrected chi connectivity index (χ1v) is 5.77. The summed E-state index contributed by atoms with van der Waals surface area (Å²) < 4.78 is 5.14. The number of nitrogens with one attached hydrogen (secondary N) is 1. The van der Waals surface area contributed by atoms with Crippen molar-refractivity contribution < 1.29 is 4.74 Å². The normalized spacial score (nSPS) is 34.1. The molecule has 0 unspecified atom stereocenters. The van der Waals surface area contributed by atoms with E-state index in [1.165, 1.54) is 45.4 Å². The van der Waals surface area contributed by atoms with Gasteiger partial charge in [0.1, 0.15) is 0 Å². The number of likely N-dealkylation sites (tertiary alicyclic amines) is 1. The van der Waals surface area contributed by atoms with Crippen LogP contribution in [0.15, 0.2) is 0 Å². The summed E-state index contributed by atoms with van der Waals surface area (Å²) in [6.07, 6.45) is 4.16. The summed E-state index contributed by atoms with van der Waals surface area (Å²) in [6, 6.07) is 0. The maximum absolute atomic E-state index is 5.14. The van der Waals surface area contributed by atoms with E-state index in [1.54, 1.807) is 7.11 Å². The van der Waals surface area contributed by atoms with Crippen LogP contribution in [-0.4, -0.2) is 51.3 Å². The number of nitrogens with zero attached hydrogens (tertiary/aromatic N) is 1. The molecule has 2 aliphatic rings. The van der Waals surface area contributed by atoms with E-state index >= 15 is 0 Å². The maximum atomic E-state index is 5.14.